The van der Waals surface area contributed by atoms with Gasteiger partial charge in [0.25, 0.3) is 5.91 Å². The number of halogens is 1. The highest BCUT2D eigenvalue weighted by Gasteiger charge is 2.20. The third kappa shape index (κ3) is 3.54. The highest BCUT2D eigenvalue weighted by Crippen LogP contribution is 2.26. The number of hydrogen-bond acceptors (Lipinski definition) is 6. The van der Waals surface area contributed by atoms with Crippen molar-refractivity contribution in [1.82, 2.24) is 15.0 Å². The summed E-state index contributed by atoms with van der Waals surface area (Å²) in [5, 5.41) is 5.42. The van der Waals surface area contributed by atoms with Gasteiger partial charge in [-0.2, -0.15) is 0 Å². The van der Waals surface area contributed by atoms with Crippen LogP contribution in [-0.4, -0.2) is 33.9 Å². The zero-order chi connectivity index (χ0) is 17.9. The number of amides is 1. The molecule has 0 unspecified atom stereocenters. The van der Waals surface area contributed by atoms with E-state index in [1.54, 1.807) is 0 Å². The van der Waals surface area contributed by atoms with Crippen molar-refractivity contribution in [2.45, 2.75) is 12.8 Å². The number of rotatable bonds is 4. The van der Waals surface area contributed by atoms with E-state index in [4.69, 9.17) is 11.6 Å². The molecule has 0 radical (unpaired) electrons. The molecule has 0 saturated carbocycles. The maximum absolute atomic E-state index is 12.6. The number of anilines is 2. The molecule has 1 fully saturated rings. The van der Waals surface area contributed by atoms with Crippen LogP contribution in [0.3, 0.4) is 0 Å². The molecule has 3 heterocycles. The van der Waals surface area contributed by atoms with Crippen molar-refractivity contribution < 1.29 is 4.79 Å². The Morgan fingerprint density at radius 2 is 1.92 bits per heavy atom. The van der Waals surface area contributed by atoms with Gasteiger partial charge in [-0.1, -0.05) is 41.9 Å². The Kier molecular flexibility index (Phi) is 4.81. The van der Waals surface area contributed by atoms with Crippen molar-refractivity contribution in [2.75, 3.05) is 23.3 Å². The van der Waals surface area contributed by atoms with Gasteiger partial charge in [0.1, 0.15) is 0 Å². The van der Waals surface area contributed by atoms with Crippen molar-refractivity contribution in [3.05, 3.63) is 52.6 Å². The molecule has 1 N–H and O–H groups in total. The van der Waals surface area contributed by atoms with Crippen molar-refractivity contribution >= 4 is 39.9 Å². The van der Waals surface area contributed by atoms with E-state index in [-0.39, 0.29) is 16.6 Å². The molecule has 0 bridgehead atoms. The molecule has 3 aromatic rings. The minimum atomic E-state index is -0.383. The molecule has 1 amide bonds. The summed E-state index contributed by atoms with van der Waals surface area (Å²) in [5.41, 5.74) is 1.98. The van der Waals surface area contributed by atoms with Crippen LogP contribution in [0.2, 0.25) is 5.02 Å². The molecule has 1 aliphatic rings. The third-order valence-corrected chi connectivity index (χ3v) is 5.16. The van der Waals surface area contributed by atoms with Crippen LogP contribution in [0.25, 0.3) is 11.3 Å². The summed E-state index contributed by atoms with van der Waals surface area (Å²) in [6.07, 6.45) is 3.69. The number of carbonyl (C=O) groups excluding carboxylic acids is 1. The smallest absolute Gasteiger partial charge is 0.277 e. The lowest BCUT2D eigenvalue weighted by Crippen LogP contribution is -2.23. The first-order chi connectivity index (χ1) is 12.7. The van der Waals surface area contributed by atoms with Crippen LogP contribution in [-0.2, 0) is 0 Å². The molecule has 2 aromatic heterocycles. The van der Waals surface area contributed by atoms with Crippen LogP contribution in [0.1, 0.15) is 23.3 Å². The number of benzene rings is 1. The van der Waals surface area contributed by atoms with Crippen molar-refractivity contribution in [3.8, 4) is 11.3 Å². The lowest BCUT2D eigenvalue weighted by molar-refractivity contribution is 0.102. The van der Waals surface area contributed by atoms with Gasteiger partial charge in [0.15, 0.2) is 10.8 Å². The number of nitrogens with zero attached hydrogens (tertiary/aromatic N) is 4. The fourth-order valence-electron chi connectivity index (χ4n) is 2.82. The molecule has 4 rings (SSSR count). The summed E-state index contributed by atoms with van der Waals surface area (Å²) >= 11 is 7.51. The zero-order valence-electron chi connectivity index (χ0n) is 13.9. The van der Waals surface area contributed by atoms with E-state index in [1.165, 1.54) is 17.5 Å². The molecule has 132 valence electrons. The molecular formula is C18H16ClN5OS. The Hall–Kier alpha value is -2.51. The molecule has 6 nitrogen and oxygen atoms in total. The first-order valence-corrected chi connectivity index (χ1v) is 9.56. The largest absolute Gasteiger partial charge is 0.341 e. The van der Waals surface area contributed by atoms with Crippen LogP contribution < -0.4 is 10.2 Å². The van der Waals surface area contributed by atoms with Gasteiger partial charge >= 0.3 is 0 Å². The summed E-state index contributed by atoms with van der Waals surface area (Å²) in [6, 6.07) is 9.81. The van der Waals surface area contributed by atoms with Crippen LogP contribution in [0.4, 0.5) is 11.1 Å². The SMILES string of the molecule is O=C(Nc1nc(-c2ccccc2)cs1)c1nc(N2CCCC2)ncc1Cl. The van der Waals surface area contributed by atoms with Crippen molar-refractivity contribution in [1.29, 1.82) is 0 Å². The predicted molar refractivity (Wildman–Crippen MR) is 104 cm³/mol. The van der Waals surface area contributed by atoms with E-state index in [0.29, 0.717) is 11.1 Å². The Morgan fingerprint density at radius 3 is 2.69 bits per heavy atom. The van der Waals surface area contributed by atoms with Crippen LogP contribution in [0.15, 0.2) is 41.9 Å². The Morgan fingerprint density at radius 1 is 1.15 bits per heavy atom. The summed E-state index contributed by atoms with van der Waals surface area (Å²) in [4.78, 5) is 27.7. The van der Waals surface area contributed by atoms with Crippen LogP contribution in [0.5, 0.6) is 0 Å². The fraction of sp³-hybridized carbons (Fsp3) is 0.222. The van der Waals surface area contributed by atoms with Gasteiger partial charge in [0.05, 0.1) is 16.9 Å². The van der Waals surface area contributed by atoms with Gasteiger partial charge < -0.3 is 4.90 Å². The first-order valence-electron chi connectivity index (χ1n) is 8.30. The lowest BCUT2D eigenvalue weighted by atomic mass is 10.2. The molecule has 0 spiro atoms. The van der Waals surface area contributed by atoms with Crippen molar-refractivity contribution in [2.24, 2.45) is 0 Å². The fourth-order valence-corrected chi connectivity index (χ4v) is 3.71. The van der Waals surface area contributed by atoms with Gasteiger partial charge in [0, 0.05) is 24.0 Å². The molecule has 26 heavy (non-hydrogen) atoms. The third-order valence-electron chi connectivity index (χ3n) is 4.13. The molecule has 1 aromatic carbocycles. The van der Waals surface area contributed by atoms with Gasteiger partial charge in [-0.3, -0.25) is 10.1 Å². The quantitative estimate of drug-likeness (QED) is 0.731. The summed E-state index contributed by atoms with van der Waals surface area (Å²) in [5.74, 6) is 0.160. The number of nitrogens with one attached hydrogen (secondary N) is 1. The second-order valence-corrected chi connectivity index (χ2v) is 7.18. The van der Waals surface area contributed by atoms with Gasteiger partial charge in [-0.15, -0.1) is 11.3 Å². The zero-order valence-corrected chi connectivity index (χ0v) is 15.4. The van der Waals surface area contributed by atoms with Crippen LogP contribution in [0, 0.1) is 0 Å². The monoisotopic (exact) mass is 385 g/mol. The van der Waals surface area contributed by atoms with E-state index in [2.05, 4.69) is 25.2 Å². The summed E-state index contributed by atoms with van der Waals surface area (Å²) in [6.45, 7) is 1.80. The van der Waals surface area contributed by atoms with E-state index < -0.39 is 0 Å². The Labute approximate surface area is 159 Å². The molecule has 1 saturated heterocycles. The van der Waals surface area contributed by atoms with Gasteiger partial charge in [-0.05, 0) is 12.8 Å². The molecule has 1 aliphatic heterocycles. The number of aromatic nitrogens is 3. The standard InChI is InChI=1S/C18H16ClN5OS/c19-13-10-20-17(24-8-4-5-9-24)22-15(13)16(25)23-18-21-14(11-26-18)12-6-2-1-3-7-12/h1-3,6-7,10-11H,4-5,8-9H2,(H,21,23,25). The second-order valence-electron chi connectivity index (χ2n) is 5.92. The Balaban J connectivity index is 1.53. The topological polar surface area (TPSA) is 71.0 Å². The minimum absolute atomic E-state index is 0.167. The average molecular weight is 386 g/mol. The Bertz CT molecular complexity index is 924. The van der Waals surface area contributed by atoms with E-state index in [0.717, 1.165) is 37.2 Å². The van der Waals surface area contributed by atoms with E-state index in [1.807, 2.05) is 35.7 Å². The highest BCUT2D eigenvalue weighted by atomic mass is 35.5. The van der Waals surface area contributed by atoms with Gasteiger partial charge in [-0.25, -0.2) is 15.0 Å². The number of carbonyl (C=O) groups is 1. The molecule has 0 atom stereocenters. The number of thiazole rings is 1. The second kappa shape index (κ2) is 7.39. The molecule has 8 heteroatoms. The maximum atomic E-state index is 12.6. The average Bonchev–Trinajstić information content (AvgIpc) is 3.35. The van der Waals surface area contributed by atoms with Gasteiger partial charge in [0.2, 0.25) is 5.95 Å². The minimum Gasteiger partial charge on any atom is -0.341 e. The predicted octanol–water partition coefficient (Wildman–Crippen LogP) is 4.11. The van der Waals surface area contributed by atoms with E-state index >= 15 is 0 Å². The summed E-state index contributed by atoms with van der Waals surface area (Å²) in [7, 11) is 0. The van der Waals surface area contributed by atoms with Crippen molar-refractivity contribution in [3.63, 3.8) is 0 Å². The lowest BCUT2D eigenvalue weighted by Gasteiger charge is -2.15. The molecule has 0 aliphatic carbocycles. The highest BCUT2D eigenvalue weighted by molar-refractivity contribution is 7.14. The van der Waals surface area contributed by atoms with Crippen LogP contribution >= 0.6 is 22.9 Å². The summed E-state index contributed by atoms with van der Waals surface area (Å²) < 4.78 is 0. The normalized spacial score (nSPS) is 13.8. The number of hydrogen-bond donors (Lipinski definition) is 1. The maximum Gasteiger partial charge on any atom is 0.277 e. The van der Waals surface area contributed by atoms with E-state index in [9.17, 15) is 4.79 Å². The first kappa shape index (κ1) is 16.9. The molecular weight excluding hydrogens is 370 g/mol.